The van der Waals surface area contributed by atoms with Crippen molar-refractivity contribution in [3.63, 3.8) is 0 Å². The van der Waals surface area contributed by atoms with Crippen LogP contribution in [0.5, 0.6) is 0 Å². The molecule has 0 saturated heterocycles. The van der Waals surface area contributed by atoms with Gasteiger partial charge in [0.2, 0.25) is 0 Å². The van der Waals surface area contributed by atoms with E-state index in [1.807, 2.05) is 20.8 Å². The maximum absolute atomic E-state index is 11.7. The number of hydrogen-bond donors (Lipinski definition) is 2. The van der Waals surface area contributed by atoms with Crippen molar-refractivity contribution < 1.29 is 14.6 Å². The van der Waals surface area contributed by atoms with Crippen molar-refractivity contribution in [3.05, 3.63) is 29.6 Å². The van der Waals surface area contributed by atoms with Crippen molar-refractivity contribution in [1.82, 2.24) is 10.3 Å². The summed E-state index contributed by atoms with van der Waals surface area (Å²) >= 11 is 0. The predicted molar refractivity (Wildman–Crippen MR) is 73.0 cm³/mol. The third-order valence-corrected chi connectivity index (χ3v) is 2.43. The number of nitrogens with zero attached hydrogens (tertiary/aromatic N) is 1. The molecule has 0 spiro atoms. The van der Waals surface area contributed by atoms with Crippen LogP contribution in [0.3, 0.4) is 0 Å². The van der Waals surface area contributed by atoms with Crippen LogP contribution in [0.1, 0.15) is 29.9 Å². The van der Waals surface area contributed by atoms with E-state index in [0.717, 1.165) is 5.69 Å². The number of pyridine rings is 1. The first-order valence-corrected chi connectivity index (χ1v) is 6.45. The van der Waals surface area contributed by atoms with Gasteiger partial charge in [-0.15, -0.1) is 0 Å². The lowest BCUT2D eigenvalue weighted by molar-refractivity contribution is 0.0259. The molecule has 5 nitrogen and oxygen atoms in total. The molecule has 106 valence electrons. The van der Waals surface area contributed by atoms with Crippen LogP contribution >= 0.6 is 0 Å². The number of aromatic nitrogens is 1. The lowest BCUT2D eigenvalue weighted by Crippen LogP contribution is -2.34. The van der Waals surface area contributed by atoms with E-state index in [9.17, 15) is 9.90 Å². The minimum Gasteiger partial charge on any atom is -0.389 e. The smallest absolute Gasteiger partial charge is 0.252 e. The van der Waals surface area contributed by atoms with Crippen LogP contribution in [-0.4, -0.2) is 41.9 Å². The molecule has 0 aliphatic carbocycles. The molecule has 1 heterocycles. The van der Waals surface area contributed by atoms with Crippen LogP contribution in [0.15, 0.2) is 18.3 Å². The molecule has 19 heavy (non-hydrogen) atoms. The number of aliphatic hydroxyl groups excluding tert-OH is 1. The number of nitrogens with one attached hydrogen (secondary N) is 1. The lowest BCUT2D eigenvalue weighted by Gasteiger charge is -2.13. The summed E-state index contributed by atoms with van der Waals surface area (Å²) in [7, 11) is 0. The Labute approximate surface area is 114 Å². The van der Waals surface area contributed by atoms with E-state index in [1.165, 1.54) is 6.20 Å². The second-order valence-electron chi connectivity index (χ2n) is 4.98. The van der Waals surface area contributed by atoms with Crippen LogP contribution < -0.4 is 5.32 Å². The number of amides is 1. The molecule has 0 aromatic carbocycles. The summed E-state index contributed by atoms with van der Waals surface area (Å²) in [6.07, 6.45) is 0.827. The highest BCUT2D eigenvalue weighted by molar-refractivity contribution is 5.93. The van der Waals surface area contributed by atoms with Crippen LogP contribution in [0.4, 0.5) is 0 Å². The molecule has 1 amide bonds. The summed E-state index contributed by atoms with van der Waals surface area (Å²) < 4.78 is 5.30. The van der Waals surface area contributed by atoms with Gasteiger partial charge in [0, 0.05) is 25.0 Å². The molecule has 1 atom stereocenters. The summed E-state index contributed by atoms with van der Waals surface area (Å²) in [6.45, 7) is 6.94. The molecule has 0 aliphatic heterocycles. The highest BCUT2D eigenvalue weighted by Gasteiger charge is 2.09. The Kier molecular flexibility index (Phi) is 6.45. The zero-order valence-electron chi connectivity index (χ0n) is 11.7. The van der Waals surface area contributed by atoms with Crippen molar-refractivity contribution in [2.75, 3.05) is 19.8 Å². The van der Waals surface area contributed by atoms with Crippen LogP contribution in [-0.2, 0) is 4.74 Å². The van der Waals surface area contributed by atoms with Gasteiger partial charge in [-0.2, -0.15) is 0 Å². The first-order chi connectivity index (χ1) is 8.99. The Morgan fingerprint density at radius 1 is 1.42 bits per heavy atom. The number of rotatable bonds is 7. The third kappa shape index (κ3) is 6.31. The average Bonchev–Trinajstić information content (AvgIpc) is 2.36. The van der Waals surface area contributed by atoms with Gasteiger partial charge in [0.15, 0.2) is 0 Å². The van der Waals surface area contributed by atoms with Crippen LogP contribution in [0.2, 0.25) is 0 Å². The normalized spacial score (nSPS) is 12.5. The SMILES string of the molecule is Cc1ccc(C(=O)NCC(O)COCC(C)C)cn1. The molecule has 0 fully saturated rings. The van der Waals surface area contributed by atoms with Gasteiger partial charge in [-0.3, -0.25) is 9.78 Å². The summed E-state index contributed by atoms with van der Waals surface area (Å²) in [5.41, 5.74) is 1.35. The van der Waals surface area contributed by atoms with Crippen molar-refractivity contribution >= 4 is 5.91 Å². The maximum Gasteiger partial charge on any atom is 0.252 e. The second kappa shape index (κ2) is 7.86. The van der Waals surface area contributed by atoms with Crippen LogP contribution in [0.25, 0.3) is 0 Å². The fourth-order valence-corrected chi connectivity index (χ4v) is 1.41. The quantitative estimate of drug-likeness (QED) is 0.776. The molecule has 5 heteroatoms. The number of aliphatic hydroxyl groups is 1. The fraction of sp³-hybridized carbons (Fsp3) is 0.571. The molecule has 2 N–H and O–H groups in total. The molecule has 0 saturated carbocycles. The second-order valence-corrected chi connectivity index (χ2v) is 4.98. The van der Waals surface area contributed by atoms with Gasteiger partial charge in [0.25, 0.3) is 5.91 Å². The van der Waals surface area contributed by atoms with Gasteiger partial charge in [-0.05, 0) is 25.0 Å². The van der Waals surface area contributed by atoms with Gasteiger partial charge in [0.05, 0.1) is 18.3 Å². The standard InChI is InChI=1S/C14H22N2O3/c1-10(2)8-19-9-13(17)7-16-14(18)12-5-4-11(3)15-6-12/h4-6,10,13,17H,7-9H2,1-3H3,(H,16,18). The molecular formula is C14H22N2O3. The van der Waals surface area contributed by atoms with Crippen molar-refractivity contribution in [1.29, 1.82) is 0 Å². The molecular weight excluding hydrogens is 244 g/mol. The van der Waals surface area contributed by atoms with Gasteiger partial charge in [-0.1, -0.05) is 13.8 Å². The first kappa shape index (κ1) is 15.6. The average molecular weight is 266 g/mol. The fourth-order valence-electron chi connectivity index (χ4n) is 1.41. The molecule has 0 aliphatic rings. The van der Waals surface area contributed by atoms with Crippen molar-refractivity contribution in [2.24, 2.45) is 5.92 Å². The molecule has 0 radical (unpaired) electrons. The monoisotopic (exact) mass is 266 g/mol. The molecule has 1 aromatic heterocycles. The van der Waals surface area contributed by atoms with Gasteiger partial charge in [-0.25, -0.2) is 0 Å². The largest absolute Gasteiger partial charge is 0.389 e. The Bertz CT molecular complexity index is 390. The summed E-state index contributed by atoms with van der Waals surface area (Å²) in [5.74, 6) is 0.191. The van der Waals surface area contributed by atoms with Gasteiger partial charge in [0.1, 0.15) is 0 Å². The highest BCUT2D eigenvalue weighted by atomic mass is 16.5. The topological polar surface area (TPSA) is 71.5 Å². The first-order valence-electron chi connectivity index (χ1n) is 6.45. The van der Waals surface area contributed by atoms with Crippen molar-refractivity contribution in [3.8, 4) is 0 Å². The summed E-state index contributed by atoms with van der Waals surface area (Å²) in [5, 5.41) is 12.3. The minimum atomic E-state index is -0.693. The Morgan fingerprint density at radius 3 is 2.74 bits per heavy atom. The van der Waals surface area contributed by atoms with E-state index in [4.69, 9.17) is 4.74 Å². The zero-order chi connectivity index (χ0) is 14.3. The lowest BCUT2D eigenvalue weighted by atomic mass is 10.2. The van der Waals surface area contributed by atoms with Gasteiger partial charge >= 0.3 is 0 Å². The Morgan fingerprint density at radius 2 is 2.16 bits per heavy atom. The number of carbonyl (C=O) groups excluding carboxylic acids is 1. The van der Waals surface area contributed by atoms with Crippen LogP contribution in [0, 0.1) is 12.8 Å². The van der Waals surface area contributed by atoms with E-state index < -0.39 is 6.10 Å². The number of aryl methyl sites for hydroxylation is 1. The Hall–Kier alpha value is -1.46. The molecule has 0 bridgehead atoms. The summed E-state index contributed by atoms with van der Waals surface area (Å²) in [4.78, 5) is 15.8. The van der Waals surface area contributed by atoms with Crippen molar-refractivity contribution in [2.45, 2.75) is 26.9 Å². The third-order valence-electron chi connectivity index (χ3n) is 2.43. The maximum atomic E-state index is 11.7. The van der Waals surface area contributed by atoms with E-state index in [2.05, 4.69) is 10.3 Å². The number of ether oxygens (including phenoxy) is 1. The zero-order valence-corrected chi connectivity index (χ0v) is 11.7. The molecule has 1 rings (SSSR count). The van der Waals surface area contributed by atoms with E-state index >= 15 is 0 Å². The van der Waals surface area contributed by atoms with E-state index in [1.54, 1.807) is 12.1 Å². The Balaban J connectivity index is 2.27. The summed E-state index contributed by atoms with van der Waals surface area (Å²) in [6, 6.07) is 3.48. The van der Waals surface area contributed by atoms with E-state index in [-0.39, 0.29) is 19.1 Å². The van der Waals surface area contributed by atoms with Gasteiger partial charge < -0.3 is 15.2 Å². The predicted octanol–water partition coefficient (Wildman–Crippen LogP) is 1.15. The van der Waals surface area contributed by atoms with E-state index in [0.29, 0.717) is 18.1 Å². The molecule has 1 unspecified atom stereocenters. The highest BCUT2D eigenvalue weighted by Crippen LogP contribution is 1.99. The number of carbonyl (C=O) groups is 1. The minimum absolute atomic E-state index is 0.171. The molecule has 1 aromatic rings. The number of hydrogen-bond acceptors (Lipinski definition) is 4.